The van der Waals surface area contributed by atoms with Crippen LogP contribution in [0.15, 0.2) is 26.5 Å². The van der Waals surface area contributed by atoms with Gasteiger partial charge in [-0.25, -0.2) is 28.1 Å². The van der Waals surface area contributed by atoms with Gasteiger partial charge in [0, 0.05) is 23.3 Å². The lowest BCUT2D eigenvalue weighted by atomic mass is 10.4. The Labute approximate surface area is 114 Å². The molecule has 0 atom stereocenters. The van der Waals surface area contributed by atoms with Crippen LogP contribution in [0.4, 0.5) is 0 Å². The maximum absolute atomic E-state index is 12.2. The molecule has 0 aliphatic heterocycles. The fourth-order valence-corrected chi connectivity index (χ4v) is 2.14. The van der Waals surface area contributed by atoms with Gasteiger partial charge < -0.3 is 0 Å². The molecule has 1 heterocycles. The van der Waals surface area contributed by atoms with E-state index in [-0.39, 0.29) is 13.1 Å². The first-order chi connectivity index (χ1) is 9.08. The highest BCUT2D eigenvalue weighted by molar-refractivity contribution is 6.08. The molecule has 19 heavy (non-hydrogen) atoms. The lowest BCUT2D eigenvalue weighted by molar-refractivity contribution is 0.467. The van der Waals surface area contributed by atoms with Gasteiger partial charge in [-0.15, -0.1) is 0 Å². The molecule has 0 radical (unpaired) electrons. The highest BCUT2D eigenvalue weighted by Gasteiger charge is 2.12. The minimum atomic E-state index is -0.530. The molecule has 1 aromatic rings. The third kappa shape index (κ3) is 3.22. The van der Waals surface area contributed by atoms with Crippen LogP contribution in [0.1, 0.15) is 20.3 Å². The zero-order valence-corrected chi connectivity index (χ0v) is 13.8. The maximum Gasteiger partial charge on any atom is 0.336 e. The average molecular weight is 283 g/mol. The van der Waals surface area contributed by atoms with Crippen LogP contribution >= 0.6 is 0 Å². The van der Waals surface area contributed by atoms with Crippen molar-refractivity contribution in [3.8, 4) is 0 Å². The summed E-state index contributed by atoms with van der Waals surface area (Å²) in [6, 6.07) is 1.02. The van der Waals surface area contributed by atoms with Crippen molar-refractivity contribution in [2.75, 3.05) is 0 Å². The van der Waals surface area contributed by atoms with Crippen molar-refractivity contribution in [1.82, 2.24) is 13.7 Å². The van der Waals surface area contributed by atoms with E-state index in [9.17, 15) is 14.4 Å². The SMILES string of the molecule is C/C=C\Cn1c(=O)n(CC)c(=O)n(CCC[SiH3])c1=O. The fraction of sp³-hybridized carbons (Fsp3) is 0.583. The zero-order valence-electron chi connectivity index (χ0n) is 11.8. The topological polar surface area (TPSA) is 66.0 Å². The first-order valence-corrected chi connectivity index (χ1v) is 8.05. The lowest BCUT2D eigenvalue weighted by Gasteiger charge is -2.11. The van der Waals surface area contributed by atoms with Crippen LogP contribution in [0.25, 0.3) is 0 Å². The van der Waals surface area contributed by atoms with Gasteiger partial charge in [0.15, 0.2) is 0 Å². The summed E-state index contributed by atoms with van der Waals surface area (Å²) in [5.74, 6) is 0. The van der Waals surface area contributed by atoms with Crippen molar-refractivity contribution in [3.63, 3.8) is 0 Å². The molecule has 1 aromatic heterocycles. The van der Waals surface area contributed by atoms with Crippen molar-refractivity contribution in [2.45, 2.75) is 45.9 Å². The van der Waals surface area contributed by atoms with Crippen molar-refractivity contribution in [1.29, 1.82) is 0 Å². The van der Waals surface area contributed by atoms with E-state index in [1.54, 1.807) is 19.1 Å². The minimum absolute atomic E-state index is 0.204. The Bertz CT molecular complexity index is 625. The first kappa shape index (κ1) is 15.4. The largest absolute Gasteiger partial charge is 0.336 e. The van der Waals surface area contributed by atoms with E-state index >= 15 is 0 Å². The number of nitrogens with zero attached hydrogens (tertiary/aromatic N) is 3. The van der Waals surface area contributed by atoms with Crippen LogP contribution in [0.5, 0.6) is 0 Å². The molecule has 0 saturated heterocycles. The number of hydrogen-bond acceptors (Lipinski definition) is 3. The number of allylic oxidation sites excluding steroid dienone is 2. The Hall–Kier alpha value is -1.63. The van der Waals surface area contributed by atoms with Gasteiger partial charge in [0.25, 0.3) is 0 Å². The normalized spacial score (nSPS) is 11.5. The zero-order chi connectivity index (χ0) is 14.4. The van der Waals surface area contributed by atoms with E-state index in [1.807, 2.05) is 6.92 Å². The molecule has 1 rings (SSSR count). The molecule has 7 heteroatoms. The summed E-state index contributed by atoms with van der Waals surface area (Å²) in [6.45, 7) is 4.41. The molecule has 106 valence electrons. The maximum atomic E-state index is 12.2. The molecule has 0 fully saturated rings. The number of hydrogen-bond donors (Lipinski definition) is 0. The highest BCUT2D eigenvalue weighted by atomic mass is 28.1. The molecule has 0 spiro atoms. The standard InChI is InChI=1S/C12H21N3O3Si/c1-3-5-7-14-10(16)13(4-2)11(17)15(12(14)18)8-6-9-19/h3,5H,4,6-9H2,1-2,19H3/b5-3-. The quantitative estimate of drug-likeness (QED) is 0.494. The smallest absolute Gasteiger partial charge is 0.247 e. The summed E-state index contributed by atoms with van der Waals surface area (Å²) >= 11 is 0. The van der Waals surface area contributed by atoms with Crippen LogP contribution in [0, 0.1) is 0 Å². The summed E-state index contributed by atoms with van der Waals surface area (Å²) in [5, 5.41) is 0. The second kappa shape index (κ2) is 7.08. The van der Waals surface area contributed by atoms with Crippen LogP contribution in [0.3, 0.4) is 0 Å². The Morgan fingerprint density at radius 3 is 2.16 bits per heavy atom. The Morgan fingerprint density at radius 2 is 1.63 bits per heavy atom. The first-order valence-electron chi connectivity index (χ1n) is 6.64. The summed E-state index contributed by atoms with van der Waals surface area (Å²) in [5.41, 5.74) is -1.53. The minimum Gasteiger partial charge on any atom is -0.247 e. The average Bonchev–Trinajstić information content (AvgIpc) is 2.39. The third-order valence-electron chi connectivity index (χ3n) is 2.96. The van der Waals surface area contributed by atoms with Gasteiger partial charge in [0.2, 0.25) is 0 Å². The van der Waals surface area contributed by atoms with Gasteiger partial charge in [0.05, 0.1) is 6.54 Å². The van der Waals surface area contributed by atoms with Crippen molar-refractivity contribution in [2.24, 2.45) is 0 Å². The van der Waals surface area contributed by atoms with Crippen molar-refractivity contribution < 1.29 is 0 Å². The van der Waals surface area contributed by atoms with Crippen LogP contribution < -0.4 is 17.1 Å². The fourth-order valence-electron chi connectivity index (χ4n) is 1.83. The molecule has 0 unspecified atom stereocenters. The molecule has 0 aliphatic carbocycles. The monoisotopic (exact) mass is 283 g/mol. The molecular weight excluding hydrogens is 262 g/mol. The van der Waals surface area contributed by atoms with Crippen LogP contribution in [0.2, 0.25) is 6.04 Å². The third-order valence-corrected chi connectivity index (χ3v) is 3.67. The second-order valence-electron chi connectivity index (χ2n) is 4.28. The van der Waals surface area contributed by atoms with E-state index in [1.165, 1.54) is 4.57 Å². The van der Waals surface area contributed by atoms with Gasteiger partial charge in [-0.2, -0.15) is 0 Å². The summed E-state index contributed by atoms with van der Waals surface area (Å²) in [4.78, 5) is 36.3. The molecule has 0 bridgehead atoms. The predicted molar refractivity (Wildman–Crippen MR) is 79.1 cm³/mol. The van der Waals surface area contributed by atoms with Gasteiger partial charge in [0.1, 0.15) is 0 Å². The molecule has 0 amide bonds. The van der Waals surface area contributed by atoms with E-state index in [0.29, 0.717) is 6.54 Å². The molecule has 0 aliphatic rings. The van der Waals surface area contributed by atoms with E-state index in [2.05, 4.69) is 0 Å². The lowest BCUT2D eigenvalue weighted by Crippen LogP contribution is -2.54. The van der Waals surface area contributed by atoms with Gasteiger partial charge >= 0.3 is 17.1 Å². The summed E-state index contributed by atoms with van der Waals surface area (Å²) in [6.07, 6.45) is 4.30. The number of aromatic nitrogens is 3. The van der Waals surface area contributed by atoms with Crippen LogP contribution in [-0.4, -0.2) is 23.9 Å². The second-order valence-corrected chi connectivity index (χ2v) is 5.28. The Kier molecular flexibility index (Phi) is 5.75. The Morgan fingerprint density at radius 1 is 1.05 bits per heavy atom. The molecule has 0 aromatic carbocycles. The van der Waals surface area contributed by atoms with E-state index in [4.69, 9.17) is 0 Å². The van der Waals surface area contributed by atoms with Gasteiger partial charge in [-0.05, 0) is 20.3 Å². The van der Waals surface area contributed by atoms with E-state index < -0.39 is 17.1 Å². The highest BCUT2D eigenvalue weighted by Crippen LogP contribution is 1.87. The molecular formula is C12H21N3O3Si. The van der Waals surface area contributed by atoms with Gasteiger partial charge in [-0.3, -0.25) is 0 Å². The summed E-state index contributed by atoms with van der Waals surface area (Å²) < 4.78 is 3.39. The molecule has 0 N–H and O–H groups in total. The van der Waals surface area contributed by atoms with Crippen LogP contribution in [-0.2, 0) is 19.6 Å². The van der Waals surface area contributed by atoms with Gasteiger partial charge in [-0.1, -0.05) is 18.2 Å². The Balaban J connectivity index is 3.51. The van der Waals surface area contributed by atoms with Crippen molar-refractivity contribution in [3.05, 3.63) is 43.6 Å². The molecule has 6 nitrogen and oxygen atoms in total. The number of rotatable bonds is 6. The molecule has 0 saturated carbocycles. The van der Waals surface area contributed by atoms with E-state index in [0.717, 1.165) is 31.8 Å². The summed E-state index contributed by atoms with van der Waals surface area (Å²) in [7, 11) is 1.04. The predicted octanol–water partition coefficient (Wildman–Crippen LogP) is -1.06. The van der Waals surface area contributed by atoms with Crippen molar-refractivity contribution >= 4 is 10.2 Å².